The van der Waals surface area contributed by atoms with Gasteiger partial charge in [0.25, 0.3) is 0 Å². The van der Waals surface area contributed by atoms with E-state index in [4.69, 9.17) is 14.2 Å². The summed E-state index contributed by atoms with van der Waals surface area (Å²) in [6.45, 7) is 1.21. The van der Waals surface area contributed by atoms with Crippen molar-refractivity contribution in [3.05, 3.63) is 23.8 Å². The molecule has 1 aliphatic rings. The number of fused-ring (bicyclic) bond motifs is 1. The number of hydrogen-bond donors (Lipinski definition) is 1. The largest absolute Gasteiger partial charge is 0.471 e. The van der Waals surface area contributed by atoms with Crippen LogP contribution in [0.2, 0.25) is 0 Å². The topological polar surface area (TPSA) is 83.1 Å². The van der Waals surface area contributed by atoms with Crippen molar-refractivity contribution in [1.82, 2.24) is 5.32 Å². The van der Waals surface area contributed by atoms with Gasteiger partial charge in [-0.3, -0.25) is 4.79 Å². The standard InChI is InChI=1S/C15H16F3NO6/c1-3-23-14-24-10-5-4-8(7-11(10)25-14)6-9(12(20)22-2)19-13(21)15(16,17)18/h4-5,7,9,14H,3,6H2,1-2H3,(H,19,21)/t9-,14?/m0/s1. The fraction of sp³-hybridized carbons (Fsp3) is 0.467. The molecular weight excluding hydrogens is 347 g/mol. The van der Waals surface area contributed by atoms with Crippen molar-refractivity contribution >= 4 is 11.9 Å². The monoisotopic (exact) mass is 363 g/mol. The number of halogens is 3. The Balaban J connectivity index is 2.11. The van der Waals surface area contributed by atoms with Gasteiger partial charge in [-0.1, -0.05) is 6.07 Å². The third kappa shape index (κ3) is 4.75. The molecule has 2 atom stereocenters. The molecule has 1 aromatic rings. The van der Waals surface area contributed by atoms with Crippen LogP contribution in [0, 0.1) is 0 Å². The van der Waals surface area contributed by atoms with Crippen LogP contribution < -0.4 is 14.8 Å². The van der Waals surface area contributed by atoms with E-state index >= 15 is 0 Å². The molecule has 1 amide bonds. The van der Waals surface area contributed by atoms with E-state index in [2.05, 4.69) is 4.74 Å². The number of amides is 1. The molecule has 0 saturated heterocycles. The van der Waals surface area contributed by atoms with Gasteiger partial charge in [0.05, 0.1) is 13.7 Å². The van der Waals surface area contributed by atoms with E-state index in [1.807, 2.05) is 0 Å². The lowest BCUT2D eigenvalue weighted by Crippen LogP contribution is -2.48. The maximum absolute atomic E-state index is 12.4. The highest BCUT2D eigenvalue weighted by Crippen LogP contribution is 2.36. The van der Waals surface area contributed by atoms with Crippen LogP contribution in [0.4, 0.5) is 13.2 Å². The fourth-order valence-electron chi connectivity index (χ4n) is 2.12. The Morgan fingerprint density at radius 3 is 2.56 bits per heavy atom. The number of hydrogen-bond acceptors (Lipinski definition) is 6. The van der Waals surface area contributed by atoms with Gasteiger partial charge < -0.3 is 24.3 Å². The van der Waals surface area contributed by atoms with Crippen molar-refractivity contribution in [3.8, 4) is 11.5 Å². The Morgan fingerprint density at radius 1 is 1.28 bits per heavy atom. The molecule has 0 spiro atoms. The van der Waals surface area contributed by atoms with Crippen molar-refractivity contribution in [2.75, 3.05) is 13.7 Å². The lowest BCUT2D eigenvalue weighted by Gasteiger charge is -2.17. The number of esters is 1. The van der Waals surface area contributed by atoms with E-state index in [0.29, 0.717) is 23.7 Å². The average molecular weight is 363 g/mol. The highest BCUT2D eigenvalue weighted by atomic mass is 19.4. The third-order valence-electron chi connectivity index (χ3n) is 3.25. The van der Waals surface area contributed by atoms with Crippen LogP contribution in [0.3, 0.4) is 0 Å². The molecule has 0 aliphatic carbocycles. The lowest BCUT2D eigenvalue weighted by molar-refractivity contribution is -0.175. The quantitative estimate of drug-likeness (QED) is 0.772. The summed E-state index contributed by atoms with van der Waals surface area (Å²) in [5.74, 6) is -2.50. The molecule has 2 rings (SSSR count). The molecular formula is C15H16F3NO6. The molecule has 0 bridgehead atoms. The third-order valence-corrected chi connectivity index (χ3v) is 3.25. The van der Waals surface area contributed by atoms with Gasteiger partial charge in [0.2, 0.25) is 0 Å². The first-order valence-corrected chi connectivity index (χ1v) is 7.28. The SMILES string of the molecule is CCOC1Oc2ccc(C[C@H](NC(=O)C(F)(F)F)C(=O)OC)cc2O1. The van der Waals surface area contributed by atoms with E-state index < -0.39 is 30.6 Å². The second-order valence-corrected chi connectivity index (χ2v) is 5.01. The molecule has 1 aromatic carbocycles. The minimum absolute atomic E-state index is 0.218. The molecule has 7 nitrogen and oxygen atoms in total. The molecule has 25 heavy (non-hydrogen) atoms. The number of carbonyl (C=O) groups is 2. The van der Waals surface area contributed by atoms with Crippen LogP contribution in [-0.4, -0.2) is 44.3 Å². The summed E-state index contributed by atoms with van der Waals surface area (Å²) in [6, 6.07) is 3.06. The van der Waals surface area contributed by atoms with Crippen molar-refractivity contribution in [1.29, 1.82) is 0 Å². The molecule has 138 valence electrons. The van der Waals surface area contributed by atoms with Gasteiger partial charge in [-0.05, 0) is 24.6 Å². The van der Waals surface area contributed by atoms with Gasteiger partial charge in [0, 0.05) is 6.42 Å². The minimum atomic E-state index is -5.11. The van der Waals surface area contributed by atoms with Gasteiger partial charge in [-0.25, -0.2) is 4.79 Å². The summed E-state index contributed by atoms with van der Waals surface area (Å²) in [5, 5.41) is 1.62. The number of rotatable bonds is 6. The molecule has 10 heteroatoms. The smallest absolute Gasteiger partial charge is 0.467 e. The molecule has 1 unspecified atom stereocenters. The van der Waals surface area contributed by atoms with Crippen molar-refractivity contribution < 1.29 is 41.7 Å². The molecule has 0 fully saturated rings. The summed E-state index contributed by atoms with van der Waals surface area (Å²) in [5.41, 5.74) is 0.442. The zero-order valence-corrected chi connectivity index (χ0v) is 13.4. The molecule has 0 radical (unpaired) electrons. The Morgan fingerprint density at radius 2 is 1.96 bits per heavy atom. The van der Waals surface area contributed by atoms with Crippen LogP contribution in [-0.2, 0) is 25.5 Å². The number of alkyl halides is 3. The van der Waals surface area contributed by atoms with Gasteiger partial charge in [-0.15, -0.1) is 0 Å². The van der Waals surface area contributed by atoms with E-state index in [-0.39, 0.29) is 6.42 Å². The van der Waals surface area contributed by atoms with Crippen molar-refractivity contribution in [3.63, 3.8) is 0 Å². The van der Waals surface area contributed by atoms with Gasteiger partial charge in [0.15, 0.2) is 11.5 Å². The van der Waals surface area contributed by atoms with Gasteiger partial charge >= 0.3 is 24.5 Å². The zero-order chi connectivity index (χ0) is 18.6. The Labute approximate surface area is 141 Å². The van der Waals surface area contributed by atoms with Crippen LogP contribution in [0.15, 0.2) is 18.2 Å². The van der Waals surface area contributed by atoms with E-state index in [1.54, 1.807) is 12.2 Å². The second-order valence-electron chi connectivity index (χ2n) is 5.01. The van der Waals surface area contributed by atoms with Crippen molar-refractivity contribution in [2.24, 2.45) is 0 Å². The number of benzene rings is 1. The Kier molecular flexibility index (Phi) is 5.73. The maximum Gasteiger partial charge on any atom is 0.471 e. The van der Waals surface area contributed by atoms with E-state index in [1.165, 1.54) is 18.2 Å². The summed E-state index contributed by atoms with van der Waals surface area (Å²) in [6.07, 6.45) is -5.32. The van der Waals surface area contributed by atoms with E-state index in [9.17, 15) is 22.8 Å². The number of carbonyl (C=O) groups excluding carboxylic acids is 2. The highest BCUT2D eigenvalue weighted by Gasteiger charge is 2.41. The Bertz CT molecular complexity index is 649. The first-order chi connectivity index (χ1) is 11.7. The van der Waals surface area contributed by atoms with Crippen LogP contribution in [0.5, 0.6) is 11.5 Å². The average Bonchev–Trinajstić information content (AvgIpc) is 2.94. The normalized spacial score (nSPS) is 17.1. The summed E-state index contributed by atoms with van der Waals surface area (Å²) in [7, 11) is 1.02. The zero-order valence-electron chi connectivity index (χ0n) is 13.4. The first kappa shape index (κ1) is 18.8. The summed E-state index contributed by atoms with van der Waals surface area (Å²) >= 11 is 0. The molecule has 1 aliphatic heterocycles. The second kappa shape index (κ2) is 7.60. The molecule has 0 aromatic heterocycles. The highest BCUT2D eigenvalue weighted by molar-refractivity contribution is 5.87. The van der Waals surface area contributed by atoms with Gasteiger partial charge in [-0.2, -0.15) is 13.2 Å². The van der Waals surface area contributed by atoms with Crippen LogP contribution >= 0.6 is 0 Å². The van der Waals surface area contributed by atoms with Gasteiger partial charge in [0.1, 0.15) is 6.04 Å². The molecule has 0 saturated carbocycles. The van der Waals surface area contributed by atoms with E-state index in [0.717, 1.165) is 7.11 Å². The van der Waals surface area contributed by atoms with Crippen LogP contribution in [0.25, 0.3) is 0 Å². The number of ether oxygens (including phenoxy) is 4. The molecule has 1 N–H and O–H groups in total. The Hall–Kier alpha value is -2.49. The predicted molar refractivity (Wildman–Crippen MR) is 76.8 cm³/mol. The fourth-order valence-corrected chi connectivity index (χ4v) is 2.12. The minimum Gasteiger partial charge on any atom is -0.467 e. The number of methoxy groups -OCH3 is 1. The van der Waals surface area contributed by atoms with Crippen molar-refractivity contribution in [2.45, 2.75) is 32.0 Å². The van der Waals surface area contributed by atoms with Crippen LogP contribution in [0.1, 0.15) is 12.5 Å². The first-order valence-electron chi connectivity index (χ1n) is 7.28. The maximum atomic E-state index is 12.4. The lowest BCUT2D eigenvalue weighted by atomic mass is 10.1. The number of nitrogens with one attached hydrogen (secondary N) is 1. The summed E-state index contributed by atoms with van der Waals surface area (Å²) < 4.78 is 57.5. The molecule has 1 heterocycles. The predicted octanol–water partition coefficient (Wildman–Crippen LogP) is 1.54. The summed E-state index contributed by atoms with van der Waals surface area (Å²) in [4.78, 5) is 22.8.